The van der Waals surface area contributed by atoms with Crippen LogP contribution in [0.3, 0.4) is 0 Å². The summed E-state index contributed by atoms with van der Waals surface area (Å²) in [5.41, 5.74) is 0. The van der Waals surface area contributed by atoms with Gasteiger partial charge in [0.05, 0.1) is 6.17 Å². The molecule has 2 heterocycles. The molecule has 2 rings (SSSR count). The Labute approximate surface area is 100 Å². The van der Waals surface area contributed by atoms with Crippen molar-refractivity contribution < 1.29 is 0 Å². The third-order valence-electron chi connectivity index (χ3n) is 4.25. The van der Waals surface area contributed by atoms with Crippen molar-refractivity contribution in [1.29, 1.82) is 0 Å². The van der Waals surface area contributed by atoms with Gasteiger partial charge < -0.3 is 5.32 Å². The summed E-state index contributed by atoms with van der Waals surface area (Å²) in [4.78, 5) is 5.18. The minimum atomic E-state index is 0.673. The molecule has 2 aliphatic rings. The summed E-state index contributed by atoms with van der Waals surface area (Å²) in [7, 11) is 4.47. The van der Waals surface area contributed by atoms with Gasteiger partial charge in [-0.3, -0.25) is 9.80 Å². The van der Waals surface area contributed by atoms with Gasteiger partial charge in [-0.05, 0) is 58.8 Å². The van der Waals surface area contributed by atoms with Crippen molar-refractivity contribution in [3.8, 4) is 0 Å². The highest BCUT2D eigenvalue weighted by atomic mass is 15.4. The zero-order chi connectivity index (χ0) is 11.5. The maximum atomic E-state index is 3.47. The van der Waals surface area contributed by atoms with Crippen LogP contribution < -0.4 is 5.32 Å². The smallest absolute Gasteiger partial charge is 0.0622 e. The molecule has 3 heteroatoms. The molecule has 0 radical (unpaired) electrons. The zero-order valence-corrected chi connectivity index (χ0v) is 11.1. The fourth-order valence-electron chi connectivity index (χ4n) is 3.20. The molecule has 0 bridgehead atoms. The first-order valence-electron chi connectivity index (χ1n) is 6.81. The molecule has 0 aromatic rings. The Morgan fingerprint density at radius 1 is 1.12 bits per heavy atom. The zero-order valence-electron chi connectivity index (χ0n) is 11.1. The lowest BCUT2D eigenvalue weighted by Crippen LogP contribution is -2.56. The molecule has 94 valence electrons. The predicted octanol–water partition coefficient (Wildman–Crippen LogP) is 1.36. The largest absolute Gasteiger partial charge is 0.317 e. The van der Waals surface area contributed by atoms with Crippen LogP contribution in [0, 0.1) is 5.92 Å². The Bertz CT molecular complexity index is 211. The Kier molecular flexibility index (Phi) is 4.22. The number of nitrogens with zero attached hydrogens (tertiary/aromatic N) is 2. The number of rotatable bonds is 2. The van der Waals surface area contributed by atoms with E-state index in [-0.39, 0.29) is 0 Å². The lowest BCUT2D eigenvalue weighted by molar-refractivity contribution is -0.0149. The van der Waals surface area contributed by atoms with Gasteiger partial charge in [-0.25, -0.2) is 0 Å². The Hall–Kier alpha value is -0.120. The predicted molar refractivity (Wildman–Crippen MR) is 68.5 cm³/mol. The van der Waals surface area contributed by atoms with E-state index in [9.17, 15) is 0 Å². The summed E-state index contributed by atoms with van der Waals surface area (Å²) in [6.45, 7) is 6.11. The van der Waals surface area contributed by atoms with Crippen LogP contribution in [-0.4, -0.2) is 55.7 Å². The van der Waals surface area contributed by atoms with Gasteiger partial charge in [0, 0.05) is 12.6 Å². The second-order valence-corrected chi connectivity index (χ2v) is 5.79. The van der Waals surface area contributed by atoms with E-state index in [0.717, 1.165) is 12.0 Å². The average molecular weight is 225 g/mol. The molecule has 2 saturated heterocycles. The summed E-state index contributed by atoms with van der Waals surface area (Å²) in [6, 6.07) is 0.821. The highest BCUT2D eigenvalue weighted by Crippen LogP contribution is 2.27. The number of piperidine rings is 2. The number of hydrogen-bond donors (Lipinski definition) is 1. The van der Waals surface area contributed by atoms with Gasteiger partial charge in [-0.1, -0.05) is 6.92 Å². The van der Waals surface area contributed by atoms with Crippen molar-refractivity contribution in [2.75, 3.05) is 33.7 Å². The van der Waals surface area contributed by atoms with Gasteiger partial charge >= 0.3 is 0 Å². The van der Waals surface area contributed by atoms with Gasteiger partial charge in [0.15, 0.2) is 0 Å². The number of nitrogens with one attached hydrogen (secondary N) is 1. The Morgan fingerprint density at radius 3 is 2.44 bits per heavy atom. The van der Waals surface area contributed by atoms with Gasteiger partial charge in [0.1, 0.15) is 0 Å². The maximum absolute atomic E-state index is 3.47. The molecule has 0 amide bonds. The Balaban J connectivity index is 1.99. The van der Waals surface area contributed by atoms with Crippen molar-refractivity contribution in [3.05, 3.63) is 0 Å². The maximum Gasteiger partial charge on any atom is 0.0622 e. The molecular weight excluding hydrogens is 198 g/mol. The van der Waals surface area contributed by atoms with E-state index in [0.29, 0.717) is 6.17 Å². The van der Waals surface area contributed by atoms with Crippen LogP contribution in [0.25, 0.3) is 0 Å². The van der Waals surface area contributed by atoms with Gasteiger partial charge in [0.25, 0.3) is 0 Å². The molecule has 16 heavy (non-hydrogen) atoms. The van der Waals surface area contributed by atoms with E-state index < -0.39 is 0 Å². The van der Waals surface area contributed by atoms with Crippen LogP contribution in [0.2, 0.25) is 0 Å². The highest BCUT2D eigenvalue weighted by molar-refractivity contribution is 4.86. The second kappa shape index (κ2) is 5.48. The Morgan fingerprint density at radius 2 is 1.81 bits per heavy atom. The fraction of sp³-hybridized carbons (Fsp3) is 1.00. The van der Waals surface area contributed by atoms with Crippen LogP contribution in [0.5, 0.6) is 0 Å². The van der Waals surface area contributed by atoms with E-state index in [2.05, 4.69) is 36.1 Å². The van der Waals surface area contributed by atoms with E-state index in [4.69, 9.17) is 0 Å². The molecule has 3 nitrogen and oxygen atoms in total. The average Bonchev–Trinajstić information content (AvgIpc) is 2.30. The van der Waals surface area contributed by atoms with Crippen LogP contribution in [0.4, 0.5) is 0 Å². The molecule has 2 unspecified atom stereocenters. The van der Waals surface area contributed by atoms with Crippen LogP contribution in [-0.2, 0) is 0 Å². The summed E-state index contributed by atoms with van der Waals surface area (Å²) in [6.07, 6.45) is 6.06. The van der Waals surface area contributed by atoms with E-state index in [1.54, 1.807) is 0 Å². The molecule has 0 aliphatic carbocycles. The molecule has 0 spiro atoms. The number of hydrogen-bond acceptors (Lipinski definition) is 3. The molecule has 2 aliphatic heterocycles. The van der Waals surface area contributed by atoms with Crippen molar-refractivity contribution in [3.63, 3.8) is 0 Å². The monoisotopic (exact) mass is 225 g/mol. The molecule has 1 N–H and O–H groups in total. The minimum absolute atomic E-state index is 0.673. The topological polar surface area (TPSA) is 18.5 Å². The van der Waals surface area contributed by atoms with Gasteiger partial charge in [-0.2, -0.15) is 0 Å². The fourth-order valence-corrected chi connectivity index (χ4v) is 3.20. The van der Waals surface area contributed by atoms with Crippen molar-refractivity contribution in [1.82, 2.24) is 15.1 Å². The van der Waals surface area contributed by atoms with E-state index in [1.807, 2.05) is 0 Å². The van der Waals surface area contributed by atoms with Crippen molar-refractivity contribution in [2.45, 2.75) is 44.8 Å². The molecule has 0 saturated carbocycles. The standard InChI is InChI=1S/C13H27N3/c1-11-6-9-16(13(10-11)15(2)3)12-4-7-14-8-5-12/h11-14H,4-10H2,1-3H3. The molecule has 2 fully saturated rings. The summed E-state index contributed by atoms with van der Waals surface area (Å²) in [5, 5.41) is 3.47. The van der Waals surface area contributed by atoms with E-state index >= 15 is 0 Å². The first-order valence-corrected chi connectivity index (χ1v) is 6.81. The molecule has 0 aromatic heterocycles. The third kappa shape index (κ3) is 2.76. The quantitative estimate of drug-likeness (QED) is 0.765. The summed E-state index contributed by atoms with van der Waals surface area (Å²) >= 11 is 0. The number of likely N-dealkylation sites (tertiary alicyclic amines) is 1. The first-order chi connectivity index (χ1) is 7.68. The highest BCUT2D eigenvalue weighted by Gasteiger charge is 2.32. The summed E-state index contributed by atoms with van der Waals surface area (Å²) in [5.74, 6) is 0.894. The second-order valence-electron chi connectivity index (χ2n) is 5.79. The lowest BCUT2D eigenvalue weighted by atomic mass is 9.92. The molecule has 0 aromatic carbocycles. The van der Waals surface area contributed by atoms with Crippen molar-refractivity contribution in [2.24, 2.45) is 5.92 Å². The summed E-state index contributed by atoms with van der Waals surface area (Å²) < 4.78 is 0. The van der Waals surface area contributed by atoms with Crippen LogP contribution in [0.1, 0.15) is 32.6 Å². The normalized spacial score (nSPS) is 34.5. The SMILES string of the molecule is CC1CCN(C2CCNCC2)C(N(C)C)C1. The molecular formula is C13H27N3. The molecule has 2 atom stereocenters. The lowest BCUT2D eigenvalue weighted by Gasteiger charge is -2.47. The van der Waals surface area contributed by atoms with Crippen LogP contribution >= 0.6 is 0 Å². The minimum Gasteiger partial charge on any atom is -0.317 e. The first kappa shape index (κ1) is 12.3. The van der Waals surface area contributed by atoms with Gasteiger partial charge in [-0.15, -0.1) is 0 Å². The van der Waals surface area contributed by atoms with Crippen LogP contribution in [0.15, 0.2) is 0 Å². The third-order valence-corrected chi connectivity index (χ3v) is 4.25. The van der Waals surface area contributed by atoms with Crippen molar-refractivity contribution >= 4 is 0 Å². The van der Waals surface area contributed by atoms with Gasteiger partial charge in [0.2, 0.25) is 0 Å². The van der Waals surface area contributed by atoms with E-state index in [1.165, 1.54) is 45.3 Å².